The lowest BCUT2D eigenvalue weighted by atomic mass is 10.0. The Hall–Kier alpha value is -0.910. The predicted molar refractivity (Wildman–Crippen MR) is 59.1 cm³/mol. The Morgan fingerprint density at radius 2 is 2.20 bits per heavy atom. The Morgan fingerprint density at radius 3 is 2.73 bits per heavy atom. The van der Waals surface area contributed by atoms with Crippen molar-refractivity contribution in [2.45, 2.75) is 6.42 Å². The van der Waals surface area contributed by atoms with Crippen LogP contribution in [-0.4, -0.2) is 53.6 Å². The first kappa shape index (κ1) is 12.2. The van der Waals surface area contributed by atoms with E-state index in [1.807, 2.05) is 6.26 Å². The molecule has 0 aromatic heterocycles. The molecular weight excluding hydrogens is 216 g/mol. The molecule has 6 heteroatoms. The molecule has 0 spiro atoms. The number of carbonyl (C=O) groups excluding carboxylic acids is 1. The van der Waals surface area contributed by atoms with Gasteiger partial charge in [-0.25, -0.2) is 4.79 Å². The van der Waals surface area contributed by atoms with Crippen molar-refractivity contribution in [2.24, 2.45) is 5.92 Å². The Kier molecular flexibility index (Phi) is 4.74. The van der Waals surface area contributed by atoms with Gasteiger partial charge in [0.25, 0.3) is 0 Å². The van der Waals surface area contributed by atoms with Gasteiger partial charge in [-0.3, -0.25) is 4.79 Å². The van der Waals surface area contributed by atoms with Crippen molar-refractivity contribution in [1.82, 2.24) is 10.2 Å². The van der Waals surface area contributed by atoms with Gasteiger partial charge < -0.3 is 15.3 Å². The molecule has 1 fully saturated rings. The first-order chi connectivity index (χ1) is 7.15. The van der Waals surface area contributed by atoms with Crippen LogP contribution in [0.5, 0.6) is 0 Å². The lowest BCUT2D eigenvalue weighted by Crippen LogP contribution is -2.56. The number of carboxylic acids is 1. The van der Waals surface area contributed by atoms with E-state index in [2.05, 4.69) is 5.32 Å². The van der Waals surface area contributed by atoms with Crippen LogP contribution in [-0.2, 0) is 4.79 Å². The van der Waals surface area contributed by atoms with Crippen molar-refractivity contribution in [3.8, 4) is 0 Å². The number of aliphatic carboxylic acids is 1. The second kappa shape index (κ2) is 5.85. The van der Waals surface area contributed by atoms with Crippen LogP contribution < -0.4 is 5.32 Å². The van der Waals surface area contributed by atoms with Crippen LogP contribution in [0.2, 0.25) is 0 Å². The fourth-order valence-corrected chi connectivity index (χ4v) is 1.76. The Balaban J connectivity index is 2.07. The maximum atomic E-state index is 11.4. The van der Waals surface area contributed by atoms with Crippen molar-refractivity contribution in [3.05, 3.63) is 0 Å². The molecule has 0 aliphatic carbocycles. The van der Waals surface area contributed by atoms with Crippen molar-refractivity contribution >= 4 is 23.8 Å². The molecule has 0 bridgehead atoms. The van der Waals surface area contributed by atoms with Gasteiger partial charge in [0.1, 0.15) is 0 Å². The number of likely N-dealkylation sites (tertiary alicyclic amines) is 1. The summed E-state index contributed by atoms with van der Waals surface area (Å²) < 4.78 is 0. The number of nitrogens with one attached hydrogen (secondary N) is 1. The molecule has 1 heterocycles. The third kappa shape index (κ3) is 3.62. The SMILES string of the molecule is CSCCCNC(=O)N1CC(C(=O)O)C1. The first-order valence-electron chi connectivity index (χ1n) is 4.89. The third-order valence-electron chi connectivity index (χ3n) is 2.32. The maximum absolute atomic E-state index is 11.4. The monoisotopic (exact) mass is 232 g/mol. The second-order valence-corrected chi connectivity index (χ2v) is 4.50. The summed E-state index contributed by atoms with van der Waals surface area (Å²) in [5.74, 6) is -0.165. The summed E-state index contributed by atoms with van der Waals surface area (Å²) in [7, 11) is 0. The molecule has 15 heavy (non-hydrogen) atoms. The van der Waals surface area contributed by atoms with Gasteiger partial charge in [-0.05, 0) is 18.4 Å². The van der Waals surface area contributed by atoms with Gasteiger partial charge in [0, 0.05) is 19.6 Å². The van der Waals surface area contributed by atoms with Crippen molar-refractivity contribution in [3.63, 3.8) is 0 Å². The highest BCUT2D eigenvalue weighted by Gasteiger charge is 2.35. The zero-order valence-electron chi connectivity index (χ0n) is 8.73. The van der Waals surface area contributed by atoms with Crippen molar-refractivity contribution in [1.29, 1.82) is 0 Å². The summed E-state index contributed by atoms with van der Waals surface area (Å²) in [6, 6.07) is -0.145. The highest BCUT2D eigenvalue weighted by molar-refractivity contribution is 7.98. The molecule has 1 saturated heterocycles. The minimum atomic E-state index is -0.818. The molecule has 1 aliphatic heterocycles. The van der Waals surface area contributed by atoms with E-state index in [9.17, 15) is 9.59 Å². The molecule has 0 aromatic carbocycles. The molecule has 2 amide bonds. The maximum Gasteiger partial charge on any atom is 0.317 e. The van der Waals surface area contributed by atoms with Gasteiger partial charge in [-0.15, -0.1) is 0 Å². The summed E-state index contributed by atoms with van der Waals surface area (Å²) in [6.07, 6.45) is 2.97. The molecule has 0 radical (unpaired) electrons. The number of rotatable bonds is 5. The van der Waals surface area contributed by atoms with Crippen LogP contribution in [0.3, 0.4) is 0 Å². The molecule has 0 atom stereocenters. The average Bonchev–Trinajstić information content (AvgIpc) is 2.09. The topological polar surface area (TPSA) is 69.6 Å². The van der Waals surface area contributed by atoms with E-state index in [-0.39, 0.29) is 11.9 Å². The Labute approximate surface area is 93.2 Å². The van der Waals surface area contributed by atoms with Crippen LogP contribution in [0.4, 0.5) is 4.79 Å². The molecule has 0 unspecified atom stereocenters. The number of nitrogens with zero attached hydrogens (tertiary/aromatic N) is 1. The molecule has 2 N–H and O–H groups in total. The molecule has 86 valence electrons. The summed E-state index contributed by atoms with van der Waals surface area (Å²) >= 11 is 1.74. The number of urea groups is 1. The van der Waals surface area contributed by atoms with Crippen LogP contribution in [0.25, 0.3) is 0 Å². The highest BCUT2D eigenvalue weighted by Crippen LogP contribution is 2.15. The second-order valence-electron chi connectivity index (χ2n) is 3.52. The quantitative estimate of drug-likeness (QED) is 0.676. The summed E-state index contributed by atoms with van der Waals surface area (Å²) in [4.78, 5) is 23.4. The minimum Gasteiger partial charge on any atom is -0.481 e. The van der Waals surface area contributed by atoms with Crippen LogP contribution in [0.1, 0.15) is 6.42 Å². The first-order valence-corrected chi connectivity index (χ1v) is 6.29. The van der Waals surface area contributed by atoms with E-state index in [0.29, 0.717) is 19.6 Å². The van der Waals surface area contributed by atoms with Crippen molar-refractivity contribution in [2.75, 3.05) is 31.6 Å². The molecule has 0 saturated carbocycles. The number of thioether (sulfide) groups is 1. The number of amides is 2. The molecule has 1 aliphatic rings. The fraction of sp³-hybridized carbons (Fsp3) is 0.778. The molecular formula is C9H16N2O3S. The number of hydrogen-bond acceptors (Lipinski definition) is 3. The van der Waals surface area contributed by atoms with E-state index in [1.165, 1.54) is 4.90 Å². The van der Waals surface area contributed by atoms with Gasteiger partial charge in [-0.1, -0.05) is 0 Å². The van der Waals surface area contributed by atoms with E-state index in [4.69, 9.17) is 5.11 Å². The van der Waals surface area contributed by atoms with Gasteiger partial charge in [-0.2, -0.15) is 11.8 Å². The van der Waals surface area contributed by atoms with E-state index < -0.39 is 5.97 Å². The molecule has 5 nitrogen and oxygen atoms in total. The summed E-state index contributed by atoms with van der Waals surface area (Å²) in [5, 5.41) is 11.4. The zero-order chi connectivity index (χ0) is 11.3. The number of carbonyl (C=O) groups is 2. The molecule has 0 aromatic rings. The highest BCUT2D eigenvalue weighted by atomic mass is 32.2. The van der Waals surface area contributed by atoms with Gasteiger partial charge in [0.05, 0.1) is 5.92 Å². The Bertz CT molecular complexity index is 242. The lowest BCUT2D eigenvalue weighted by Gasteiger charge is -2.36. The zero-order valence-corrected chi connectivity index (χ0v) is 9.55. The lowest BCUT2D eigenvalue weighted by molar-refractivity contribution is -0.146. The third-order valence-corrected chi connectivity index (χ3v) is 3.02. The number of hydrogen-bond donors (Lipinski definition) is 2. The predicted octanol–water partition coefficient (Wildman–Crippen LogP) is 0.466. The van der Waals surface area contributed by atoms with Crippen LogP contribution >= 0.6 is 11.8 Å². The molecule has 1 rings (SSSR count). The van der Waals surface area contributed by atoms with Crippen LogP contribution in [0, 0.1) is 5.92 Å². The average molecular weight is 232 g/mol. The van der Waals surface area contributed by atoms with Gasteiger partial charge in [0.2, 0.25) is 0 Å². The minimum absolute atomic E-state index is 0.145. The van der Waals surface area contributed by atoms with Gasteiger partial charge in [0.15, 0.2) is 0 Å². The summed E-state index contributed by atoms with van der Waals surface area (Å²) in [6.45, 7) is 1.33. The Morgan fingerprint density at radius 1 is 1.53 bits per heavy atom. The summed E-state index contributed by atoms with van der Waals surface area (Å²) in [5.41, 5.74) is 0. The van der Waals surface area contributed by atoms with E-state index >= 15 is 0 Å². The van der Waals surface area contributed by atoms with Crippen molar-refractivity contribution < 1.29 is 14.7 Å². The largest absolute Gasteiger partial charge is 0.481 e. The van der Waals surface area contributed by atoms with Gasteiger partial charge >= 0.3 is 12.0 Å². The van der Waals surface area contributed by atoms with Crippen LogP contribution in [0.15, 0.2) is 0 Å². The normalized spacial score (nSPS) is 15.9. The number of carboxylic acid groups (broad SMARTS) is 1. The smallest absolute Gasteiger partial charge is 0.317 e. The standard InChI is InChI=1S/C9H16N2O3S/c1-15-4-2-3-10-9(14)11-5-7(6-11)8(12)13/h7H,2-6H2,1H3,(H,10,14)(H,12,13). The fourth-order valence-electron chi connectivity index (χ4n) is 1.32. The van der Waals surface area contributed by atoms with E-state index in [1.54, 1.807) is 11.8 Å². The van der Waals surface area contributed by atoms with E-state index in [0.717, 1.165) is 12.2 Å².